The molecule has 0 aliphatic carbocycles. The van der Waals surface area contributed by atoms with E-state index in [0.717, 1.165) is 5.56 Å². The van der Waals surface area contributed by atoms with Gasteiger partial charge in [-0.15, -0.1) is 5.10 Å². The third-order valence-electron chi connectivity index (χ3n) is 2.92. The van der Waals surface area contributed by atoms with Crippen LogP contribution in [-0.2, 0) is 7.05 Å². The van der Waals surface area contributed by atoms with Crippen molar-refractivity contribution in [2.45, 2.75) is 18.1 Å². The molecule has 22 heavy (non-hydrogen) atoms. The molecule has 0 saturated heterocycles. The fraction of sp³-hybridized carbons (Fsp3) is 0.385. The van der Waals surface area contributed by atoms with Gasteiger partial charge in [0, 0.05) is 19.3 Å². The monoisotopic (exact) mass is 324 g/mol. The van der Waals surface area contributed by atoms with E-state index in [1.54, 1.807) is 23.9 Å². The zero-order chi connectivity index (χ0) is 15.9. The van der Waals surface area contributed by atoms with Crippen LogP contribution in [-0.4, -0.2) is 38.5 Å². The van der Waals surface area contributed by atoms with Gasteiger partial charge in [-0.25, -0.2) is 13.9 Å². The van der Waals surface area contributed by atoms with Crippen LogP contribution in [0.1, 0.15) is 18.5 Å². The molecule has 0 unspecified atom stereocenters. The summed E-state index contributed by atoms with van der Waals surface area (Å²) in [5.41, 5.74) is 0.844. The summed E-state index contributed by atoms with van der Waals surface area (Å²) >= 11 is 1.46. The zero-order valence-corrected chi connectivity index (χ0v) is 13.1. The van der Waals surface area contributed by atoms with Crippen molar-refractivity contribution in [3.8, 4) is 0 Å². The van der Waals surface area contributed by atoms with Gasteiger partial charge in [0.05, 0.1) is 6.04 Å². The SMILES string of the molecule is C[C@H](NC(=O)NCCSc1nnnn1C)c1ccc(F)cc1. The molecule has 1 atom stereocenters. The molecule has 1 aromatic heterocycles. The van der Waals surface area contributed by atoms with Gasteiger partial charge in [0.1, 0.15) is 5.82 Å². The number of tetrazole rings is 1. The van der Waals surface area contributed by atoms with Crippen LogP contribution in [0.4, 0.5) is 9.18 Å². The maximum absolute atomic E-state index is 12.8. The fourth-order valence-corrected chi connectivity index (χ4v) is 2.44. The van der Waals surface area contributed by atoms with E-state index in [1.807, 2.05) is 6.92 Å². The number of halogens is 1. The highest BCUT2D eigenvalue weighted by molar-refractivity contribution is 7.99. The van der Waals surface area contributed by atoms with Crippen molar-refractivity contribution in [2.24, 2.45) is 7.05 Å². The molecule has 2 amide bonds. The molecule has 1 heterocycles. The molecule has 0 saturated carbocycles. The van der Waals surface area contributed by atoms with Gasteiger partial charge in [-0.05, 0) is 35.0 Å². The Kier molecular flexibility index (Phi) is 5.70. The van der Waals surface area contributed by atoms with Crippen molar-refractivity contribution in [3.63, 3.8) is 0 Å². The third kappa shape index (κ3) is 4.69. The van der Waals surface area contributed by atoms with Crippen LogP contribution < -0.4 is 10.6 Å². The van der Waals surface area contributed by atoms with Crippen LogP contribution in [0.5, 0.6) is 0 Å². The number of thioether (sulfide) groups is 1. The third-order valence-corrected chi connectivity index (χ3v) is 3.93. The summed E-state index contributed by atoms with van der Waals surface area (Å²) in [6.45, 7) is 2.33. The van der Waals surface area contributed by atoms with Crippen LogP contribution in [0.25, 0.3) is 0 Å². The van der Waals surface area contributed by atoms with E-state index in [-0.39, 0.29) is 17.9 Å². The number of carbonyl (C=O) groups excluding carboxylic acids is 1. The number of hydrogen-bond donors (Lipinski definition) is 2. The standard InChI is InChI=1S/C13H17FN6OS/c1-9(10-3-5-11(14)6-4-10)16-12(21)15-7-8-22-13-17-18-19-20(13)2/h3-6,9H,7-8H2,1-2H3,(H2,15,16,21)/t9-/m0/s1. The van der Waals surface area contributed by atoms with Gasteiger partial charge in [0.2, 0.25) is 5.16 Å². The van der Waals surface area contributed by atoms with Gasteiger partial charge in [-0.1, -0.05) is 23.9 Å². The smallest absolute Gasteiger partial charge is 0.315 e. The number of aryl methyl sites for hydroxylation is 1. The second-order valence-electron chi connectivity index (χ2n) is 4.61. The van der Waals surface area contributed by atoms with Crippen molar-refractivity contribution in [1.29, 1.82) is 0 Å². The topological polar surface area (TPSA) is 84.7 Å². The van der Waals surface area contributed by atoms with Gasteiger partial charge < -0.3 is 10.6 Å². The predicted octanol–water partition coefficient (Wildman–Crippen LogP) is 1.50. The van der Waals surface area contributed by atoms with Gasteiger partial charge in [0.15, 0.2) is 0 Å². The minimum atomic E-state index is -0.296. The van der Waals surface area contributed by atoms with Crippen LogP contribution in [0.15, 0.2) is 29.4 Å². The molecule has 0 fully saturated rings. The largest absolute Gasteiger partial charge is 0.337 e. The average molecular weight is 324 g/mol. The van der Waals surface area contributed by atoms with E-state index >= 15 is 0 Å². The molecule has 0 bridgehead atoms. The van der Waals surface area contributed by atoms with E-state index in [1.165, 1.54) is 23.9 Å². The summed E-state index contributed by atoms with van der Waals surface area (Å²) in [7, 11) is 1.76. The van der Waals surface area contributed by atoms with Crippen LogP contribution in [0.3, 0.4) is 0 Å². The summed E-state index contributed by atoms with van der Waals surface area (Å²) in [5.74, 6) is 0.364. The molecule has 118 valence electrons. The molecule has 2 rings (SSSR count). The lowest BCUT2D eigenvalue weighted by molar-refractivity contribution is 0.238. The Hall–Kier alpha value is -2.16. The Balaban J connectivity index is 1.69. The van der Waals surface area contributed by atoms with E-state index in [4.69, 9.17) is 0 Å². The van der Waals surface area contributed by atoms with Crippen molar-refractivity contribution >= 4 is 17.8 Å². The number of urea groups is 1. The second-order valence-corrected chi connectivity index (χ2v) is 5.67. The van der Waals surface area contributed by atoms with Gasteiger partial charge in [-0.3, -0.25) is 0 Å². The molecule has 2 N–H and O–H groups in total. The fourth-order valence-electron chi connectivity index (χ4n) is 1.73. The molecule has 2 aromatic rings. The molecule has 7 nitrogen and oxygen atoms in total. The number of aromatic nitrogens is 4. The van der Waals surface area contributed by atoms with Gasteiger partial charge >= 0.3 is 6.03 Å². The number of carbonyl (C=O) groups is 1. The minimum Gasteiger partial charge on any atom is -0.337 e. The first-order chi connectivity index (χ1) is 10.6. The summed E-state index contributed by atoms with van der Waals surface area (Å²) in [5, 5.41) is 17.3. The number of amides is 2. The lowest BCUT2D eigenvalue weighted by Crippen LogP contribution is -2.38. The summed E-state index contributed by atoms with van der Waals surface area (Å²) < 4.78 is 14.4. The van der Waals surface area contributed by atoms with Crippen molar-refractivity contribution in [1.82, 2.24) is 30.8 Å². The van der Waals surface area contributed by atoms with E-state index in [2.05, 4.69) is 26.2 Å². The number of hydrogen-bond acceptors (Lipinski definition) is 5. The van der Waals surface area contributed by atoms with Crippen molar-refractivity contribution in [3.05, 3.63) is 35.6 Å². The lowest BCUT2D eigenvalue weighted by atomic mass is 10.1. The van der Waals surface area contributed by atoms with Gasteiger partial charge in [0.25, 0.3) is 0 Å². The maximum atomic E-state index is 12.8. The summed E-state index contributed by atoms with van der Waals surface area (Å²) in [6, 6.07) is 5.58. The average Bonchev–Trinajstić information content (AvgIpc) is 2.89. The number of nitrogens with one attached hydrogen (secondary N) is 2. The van der Waals surface area contributed by atoms with Gasteiger partial charge in [-0.2, -0.15) is 0 Å². The van der Waals surface area contributed by atoms with E-state index in [0.29, 0.717) is 17.5 Å². The minimum absolute atomic E-state index is 0.198. The normalized spacial score (nSPS) is 12.0. The Morgan fingerprint density at radius 2 is 2.14 bits per heavy atom. The number of rotatable bonds is 6. The molecular weight excluding hydrogens is 307 g/mol. The Bertz CT molecular complexity index is 617. The zero-order valence-electron chi connectivity index (χ0n) is 12.3. The molecule has 0 aliphatic rings. The molecule has 1 aromatic carbocycles. The Labute approximate surface area is 131 Å². The highest BCUT2D eigenvalue weighted by Crippen LogP contribution is 2.13. The summed E-state index contributed by atoms with van der Waals surface area (Å²) in [4.78, 5) is 11.8. The van der Waals surface area contributed by atoms with Crippen LogP contribution >= 0.6 is 11.8 Å². The second kappa shape index (κ2) is 7.74. The quantitative estimate of drug-likeness (QED) is 0.621. The maximum Gasteiger partial charge on any atom is 0.315 e. The first kappa shape index (κ1) is 16.2. The molecular formula is C13H17FN6OS. The highest BCUT2D eigenvalue weighted by Gasteiger charge is 2.09. The first-order valence-electron chi connectivity index (χ1n) is 6.71. The Morgan fingerprint density at radius 1 is 1.41 bits per heavy atom. The first-order valence-corrected chi connectivity index (χ1v) is 7.70. The lowest BCUT2D eigenvalue weighted by Gasteiger charge is -2.15. The van der Waals surface area contributed by atoms with E-state index in [9.17, 15) is 9.18 Å². The summed E-state index contributed by atoms with van der Waals surface area (Å²) in [6.07, 6.45) is 0. The van der Waals surface area contributed by atoms with Crippen LogP contribution in [0.2, 0.25) is 0 Å². The number of benzene rings is 1. The molecule has 0 aliphatic heterocycles. The van der Waals surface area contributed by atoms with Crippen molar-refractivity contribution in [2.75, 3.05) is 12.3 Å². The molecule has 0 radical (unpaired) electrons. The van der Waals surface area contributed by atoms with Crippen LogP contribution in [0, 0.1) is 5.82 Å². The number of nitrogens with zero attached hydrogens (tertiary/aromatic N) is 4. The molecule has 0 spiro atoms. The molecule has 9 heteroatoms. The Morgan fingerprint density at radius 3 is 2.77 bits per heavy atom. The van der Waals surface area contributed by atoms with Crippen molar-refractivity contribution < 1.29 is 9.18 Å². The highest BCUT2D eigenvalue weighted by atomic mass is 32.2. The predicted molar refractivity (Wildman–Crippen MR) is 80.9 cm³/mol. The van der Waals surface area contributed by atoms with E-state index < -0.39 is 0 Å².